The molecule has 0 amide bonds. The molecule has 3 rings (SSSR count). The lowest BCUT2D eigenvalue weighted by atomic mass is 10.1. The van der Waals surface area contributed by atoms with E-state index in [0.29, 0.717) is 11.8 Å². The van der Waals surface area contributed by atoms with E-state index in [2.05, 4.69) is 0 Å². The fourth-order valence-corrected chi connectivity index (χ4v) is 3.53. The molecule has 4 heteroatoms. The first-order chi connectivity index (χ1) is 10.0. The molecule has 1 heterocycles. The van der Waals surface area contributed by atoms with Gasteiger partial charge in [0.2, 0.25) is 0 Å². The Morgan fingerprint density at radius 1 is 1.10 bits per heavy atom. The minimum atomic E-state index is -0.808. The summed E-state index contributed by atoms with van der Waals surface area (Å²) in [5, 5.41) is 10.2. The van der Waals surface area contributed by atoms with Gasteiger partial charge in [0, 0.05) is 26.6 Å². The van der Waals surface area contributed by atoms with Crippen LogP contribution >= 0.6 is 11.3 Å². The van der Waals surface area contributed by atoms with Gasteiger partial charge in [0.05, 0.1) is 0 Å². The second-order valence-corrected chi connectivity index (χ2v) is 6.24. The Labute approximate surface area is 125 Å². The lowest BCUT2D eigenvalue weighted by Crippen LogP contribution is -2.02. The van der Waals surface area contributed by atoms with Crippen molar-refractivity contribution >= 4 is 37.5 Å². The molecule has 0 unspecified atom stereocenters. The highest BCUT2D eigenvalue weighted by atomic mass is 32.1. The lowest BCUT2D eigenvalue weighted by Gasteiger charge is -2.04. The fraction of sp³-hybridized carbons (Fsp3) is 0.176. The monoisotopic (exact) mass is 298 g/mol. The maximum absolute atomic E-state index is 12.5. The Morgan fingerprint density at radius 3 is 2.67 bits per heavy atom. The molecule has 0 aliphatic heterocycles. The van der Waals surface area contributed by atoms with Gasteiger partial charge in [-0.3, -0.25) is 9.59 Å². The van der Waals surface area contributed by atoms with Crippen LogP contribution in [0.4, 0.5) is 0 Å². The quantitative estimate of drug-likeness (QED) is 0.749. The molecule has 0 fully saturated rings. The minimum absolute atomic E-state index is 0.0484. The van der Waals surface area contributed by atoms with Crippen LogP contribution < -0.4 is 5.43 Å². The molecule has 1 N–H and O–H groups in total. The van der Waals surface area contributed by atoms with E-state index in [0.717, 1.165) is 25.9 Å². The largest absolute Gasteiger partial charge is 0.481 e. The number of rotatable bonds is 3. The van der Waals surface area contributed by atoms with Crippen molar-refractivity contribution in [1.29, 1.82) is 0 Å². The summed E-state index contributed by atoms with van der Waals surface area (Å²) in [5.41, 5.74) is 2.07. The van der Waals surface area contributed by atoms with Crippen LogP contribution in [0.1, 0.15) is 17.5 Å². The maximum Gasteiger partial charge on any atom is 0.303 e. The minimum Gasteiger partial charge on any atom is -0.481 e. The summed E-state index contributed by atoms with van der Waals surface area (Å²) in [4.78, 5) is 23.2. The van der Waals surface area contributed by atoms with Gasteiger partial charge in [-0.15, -0.1) is 11.3 Å². The number of aryl methyl sites for hydroxylation is 2. The van der Waals surface area contributed by atoms with Crippen LogP contribution in [0.15, 0.2) is 41.2 Å². The van der Waals surface area contributed by atoms with Gasteiger partial charge in [0.1, 0.15) is 0 Å². The Morgan fingerprint density at radius 2 is 1.90 bits per heavy atom. The molecule has 0 aliphatic rings. The topological polar surface area (TPSA) is 54.4 Å². The van der Waals surface area contributed by atoms with Crippen molar-refractivity contribution in [3.63, 3.8) is 0 Å². The molecule has 106 valence electrons. The van der Waals surface area contributed by atoms with Crippen molar-refractivity contribution in [2.45, 2.75) is 19.8 Å². The summed E-state index contributed by atoms with van der Waals surface area (Å²) < 4.78 is 1.88. The molecule has 0 saturated heterocycles. The van der Waals surface area contributed by atoms with Gasteiger partial charge in [-0.2, -0.15) is 0 Å². The predicted molar refractivity (Wildman–Crippen MR) is 86.3 cm³/mol. The van der Waals surface area contributed by atoms with Gasteiger partial charge in [-0.25, -0.2) is 0 Å². The van der Waals surface area contributed by atoms with Gasteiger partial charge in [0.15, 0.2) is 5.43 Å². The van der Waals surface area contributed by atoms with Crippen molar-refractivity contribution in [2.75, 3.05) is 0 Å². The van der Waals surface area contributed by atoms with Crippen LogP contribution in [0.2, 0.25) is 0 Å². The zero-order chi connectivity index (χ0) is 15.0. The van der Waals surface area contributed by atoms with Crippen LogP contribution in [-0.2, 0) is 11.2 Å². The van der Waals surface area contributed by atoms with Crippen molar-refractivity contribution in [3.05, 3.63) is 57.7 Å². The number of benzene rings is 2. The highest BCUT2D eigenvalue weighted by molar-refractivity contribution is 7.24. The number of carbonyl (C=O) groups is 1. The van der Waals surface area contributed by atoms with E-state index in [-0.39, 0.29) is 11.8 Å². The third-order valence-electron chi connectivity index (χ3n) is 3.52. The van der Waals surface area contributed by atoms with Crippen molar-refractivity contribution in [3.8, 4) is 0 Å². The number of carboxylic acid groups (broad SMARTS) is 1. The van der Waals surface area contributed by atoms with Crippen LogP contribution in [0.25, 0.3) is 20.2 Å². The Kier molecular flexibility index (Phi) is 3.47. The molecular formula is C17H14O3S. The number of carboxylic acids is 1. The van der Waals surface area contributed by atoms with Crippen molar-refractivity contribution < 1.29 is 9.90 Å². The third kappa shape index (κ3) is 2.67. The van der Waals surface area contributed by atoms with Gasteiger partial charge in [-0.05, 0) is 43.2 Å². The number of hydrogen-bond donors (Lipinski definition) is 1. The van der Waals surface area contributed by atoms with Crippen LogP contribution in [0.5, 0.6) is 0 Å². The summed E-state index contributed by atoms with van der Waals surface area (Å²) in [6.07, 6.45) is 0.589. The van der Waals surface area contributed by atoms with Crippen LogP contribution in [-0.4, -0.2) is 11.1 Å². The molecule has 1 aromatic heterocycles. The SMILES string of the molecule is Cc1ccc2sc3cc(CCC(=O)O)ccc3c(=O)c2c1. The van der Waals surface area contributed by atoms with Gasteiger partial charge >= 0.3 is 5.97 Å². The van der Waals surface area contributed by atoms with E-state index in [9.17, 15) is 9.59 Å². The number of aliphatic carboxylic acids is 1. The second kappa shape index (κ2) is 5.30. The predicted octanol–water partition coefficient (Wildman–Crippen LogP) is 3.74. The maximum atomic E-state index is 12.5. The average Bonchev–Trinajstić information content (AvgIpc) is 2.46. The van der Waals surface area contributed by atoms with Crippen LogP contribution in [0, 0.1) is 6.92 Å². The first-order valence-corrected chi connectivity index (χ1v) is 7.54. The molecule has 0 bridgehead atoms. The first-order valence-electron chi connectivity index (χ1n) is 6.72. The van der Waals surface area contributed by atoms with Gasteiger partial charge in [0.25, 0.3) is 0 Å². The first kappa shape index (κ1) is 13.8. The van der Waals surface area contributed by atoms with E-state index < -0.39 is 5.97 Å². The standard InChI is InChI=1S/C17H14O3S/c1-10-2-6-14-13(8-10)17(20)12-5-3-11(4-7-16(18)19)9-15(12)21-14/h2-3,5-6,8-9H,4,7H2,1H3,(H,18,19). The number of hydrogen-bond acceptors (Lipinski definition) is 3. The molecule has 3 nitrogen and oxygen atoms in total. The molecule has 0 radical (unpaired) electrons. The van der Waals surface area contributed by atoms with Crippen molar-refractivity contribution in [2.24, 2.45) is 0 Å². The normalized spacial score (nSPS) is 11.1. The Hall–Kier alpha value is -2.20. The molecule has 0 saturated carbocycles. The third-order valence-corrected chi connectivity index (χ3v) is 4.65. The van der Waals surface area contributed by atoms with E-state index in [1.54, 1.807) is 11.3 Å². The van der Waals surface area contributed by atoms with Crippen molar-refractivity contribution in [1.82, 2.24) is 0 Å². The molecule has 0 spiro atoms. The highest BCUT2D eigenvalue weighted by Crippen LogP contribution is 2.26. The summed E-state index contributed by atoms with van der Waals surface area (Å²) in [6, 6.07) is 11.5. The summed E-state index contributed by atoms with van der Waals surface area (Å²) in [6.45, 7) is 1.97. The van der Waals surface area contributed by atoms with E-state index in [1.807, 2.05) is 43.3 Å². The Bertz CT molecular complexity index is 909. The molecule has 0 atom stereocenters. The fourth-order valence-electron chi connectivity index (χ4n) is 2.42. The molecule has 0 aliphatic carbocycles. The average molecular weight is 298 g/mol. The Balaban J connectivity index is 2.18. The zero-order valence-electron chi connectivity index (χ0n) is 11.6. The smallest absolute Gasteiger partial charge is 0.303 e. The van der Waals surface area contributed by atoms with Crippen LogP contribution in [0.3, 0.4) is 0 Å². The van der Waals surface area contributed by atoms with E-state index in [1.165, 1.54) is 0 Å². The summed E-state index contributed by atoms with van der Waals surface area (Å²) >= 11 is 1.58. The zero-order valence-corrected chi connectivity index (χ0v) is 12.4. The molecule has 2 aromatic carbocycles. The summed E-state index contributed by atoms with van der Waals surface area (Å²) in [7, 11) is 0. The van der Waals surface area contributed by atoms with E-state index in [4.69, 9.17) is 5.11 Å². The molecule has 3 aromatic rings. The summed E-state index contributed by atoms with van der Waals surface area (Å²) in [5.74, 6) is -0.808. The van der Waals surface area contributed by atoms with Gasteiger partial charge in [-0.1, -0.05) is 17.7 Å². The lowest BCUT2D eigenvalue weighted by molar-refractivity contribution is -0.136. The van der Waals surface area contributed by atoms with E-state index >= 15 is 0 Å². The van der Waals surface area contributed by atoms with Gasteiger partial charge < -0.3 is 5.11 Å². The molecule has 21 heavy (non-hydrogen) atoms. The molecular weight excluding hydrogens is 284 g/mol. The highest BCUT2D eigenvalue weighted by Gasteiger charge is 2.07. The number of fused-ring (bicyclic) bond motifs is 2. The second-order valence-electron chi connectivity index (χ2n) is 5.16.